The van der Waals surface area contributed by atoms with Gasteiger partial charge in [-0.2, -0.15) is 4.37 Å². The van der Waals surface area contributed by atoms with E-state index in [1.54, 1.807) is 24.3 Å². The van der Waals surface area contributed by atoms with Crippen LogP contribution in [0.5, 0.6) is 5.88 Å². The molecule has 0 saturated carbocycles. The van der Waals surface area contributed by atoms with E-state index >= 15 is 0 Å². The van der Waals surface area contributed by atoms with E-state index in [1.165, 1.54) is 7.05 Å². The van der Waals surface area contributed by atoms with Crippen LogP contribution in [0.1, 0.15) is 26.3 Å². The molecule has 0 aliphatic carbocycles. The second-order valence-corrected chi connectivity index (χ2v) is 7.97. The zero-order valence-electron chi connectivity index (χ0n) is 13.7. The van der Waals surface area contributed by atoms with Gasteiger partial charge in [0.05, 0.1) is 7.11 Å². The summed E-state index contributed by atoms with van der Waals surface area (Å²) in [5, 5.41) is 2.52. The van der Waals surface area contributed by atoms with Gasteiger partial charge in [-0.1, -0.05) is 12.1 Å². The number of hydrogen-bond acceptors (Lipinski definition) is 8. The summed E-state index contributed by atoms with van der Waals surface area (Å²) < 4.78 is 37.4. The Hall–Kier alpha value is -2.46. The highest BCUT2D eigenvalue weighted by Crippen LogP contribution is 2.30. The average Bonchev–Trinajstić information content (AvgIpc) is 3.03. The smallest absolute Gasteiger partial charge is 0.345 e. The number of carbonyl (C=O) groups is 2. The molecule has 25 heavy (non-hydrogen) atoms. The number of nitrogens with zero attached hydrogens (tertiary/aromatic N) is 1. The highest BCUT2D eigenvalue weighted by molar-refractivity contribution is 7.92. The molecule has 0 fully saturated rings. The van der Waals surface area contributed by atoms with E-state index in [9.17, 15) is 18.0 Å². The number of rotatable bonds is 6. The van der Waals surface area contributed by atoms with Crippen molar-refractivity contribution in [2.24, 2.45) is 0 Å². The van der Waals surface area contributed by atoms with Crippen molar-refractivity contribution >= 4 is 33.2 Å². The first kappa shape index (κ1) is 18.9. The van der Waals surface area contributed by atoms with Crippen LogP contribution in [0.4, 0.5) is 0 Å². The van der Waals surface area contributed by atoms with Crippen LogP contribution in [-0.2, 0) is 21.2 Å². The van der Waals surface area contributed by atoms with Crippen molar-refractivity contribution in [3.05, 3.63) is 41.0 Å². The quantitative estimate of drug-likeness (QED) is 0.747. The number of nitrogens with one attached hydrogen (secondary N) is 1. The molecule has 0 aliphatic rings. The Labute approximate surface area is 148 Å². The molecule has 2 aromatic rings. The summed E-state index contributed by atoms with van der Waals surface area (Å²) in [5.41, 5.74) is 0.884. The molecule has 0 unspecified atom stereocenters. The fourth-order valence-corrected chi connectivity index (χ4v) is 3.75. The van der Waals surface area contributed by atoms with Gasteiger partial charge in [-0.05, 0) is 29.2 Å². The minimum Gasteiger partial charge on any atom is -0.472 e. The third kappa shape index (κ3) is 4.34. The Morgan fingerprint density at radius 3 is 2.64 bits per heavy atom. The standard InChI is InChI=1S/C15H16N2O6S2/c1-16-12(18)10-6-4-5-9(7-10)8-23-13-11(14(19)22-2)15(24-17-13)25(3,20)21/h4-7H,8H2,1-3H3,(H,16,18). The second kappa shape index (κ2) is 7.62. The van der Waals surface area contributed by atoms with E-state index in [0.29, 0.717) is 22.7 Å². The first-order valence-corrected chi connectivity index (χ1v) is 9.66. The molecule has 2 rings (SSSR count). The number of sulfone groups is 1. The molecular formula is C15H16N2O6S2. The molecule has 1 aromatic carbocycles. The van der Waals surface area contributed by atoms with Crippen molar-refractivity contribution in [3.8, 4) is 5.88 Å². The van der Waals surface area contributed by atoms with Crippen molar-refractivity contribution in [3.63, 3.8) is 0 Å². The van der Waals surface area contributed by atoms with Gasteiger partial charge in [0.1, 0.15) is 6.61 Å². The summed E-state index contributed by atoms with van der Waals surface area (Å²) in [6, 6.07) is 6.69. The number of methoxy groups -OCH3 is 1. The van der Waals surface area contributed by atoms with Crippen LogP contribution < -0.4 is 10.1 Å². The van der Waals surface area contributed by atoms with Crippen molar-refractivity contribution in [1.29, 1.82) is 0 Å². The number of esters is 1. The van der Waals surface area contributed by atoms with Gasteiger partial charge >= 0.3 is 5.97 Å². The van der Waals surface area contributed by atoms with Gasteiger partial charge in [-0.3, -0.25) is 4.79 Å². The van der Waals surface area contributed by atoms with Crippen LogP contribution in [0.3, 0.4) is 0 Å². The van der Waals surface area contributed by atoms with Gasteiger partial charge in [0.25, 0.3) is 5.91 Å². The van der Waals surface area contributed by atoms with E-state index in [0.717, 1.165) is 13.4 Å². The first-order valence-electron chi connectivity index (χ1n) is 6.99. The van der Waals surface area contributed by atoms with Crippen molar-refractivity contribution in [2.45, 2.75) is 10.8 Å². The molecule has 1 heterocycles. The van der Waals surface area contributed by atoms with Gasteiger partial charge in [0, 0.05) is 18.9 Å². The Kier molecular flexibility index (Phi) is 5.75. The minimum atomic E-state index is -3.65. The lowest BCUT2D eigenvalue weighted by molar-refractivity contribution is 0.0591. The lowest BCUT2D eigenvalue weighted by Crippen LogP contribution is -2.17. The SMILES string of the molecule is CNC(=O)c1cccc(COc2nsc(S(C)(=O)=O)c2C(=O)OC)c1. The maximum absolute atomic E-state index is 11.9. The molecule has 8 nitrogen and oxygen atoms in total. The molecular weight excluding hydrogens is 368 g/mol. The highest BCUT2D eigenvalue weighted by atomic mass is 32.2. The lowest BCUT2D eigenvalue weighted by atomic mass is 10.1. The Balaban J connectivity index is 2.28. The van der Waals surface area contributed by atoms with Crippen molar-refractivity contribution in [2.75, 3.05) is 20.4 Å². The lowest BCUT2D eigenvalue weighted by Gasteiger charge is -2.07. The number of hydrogen-bond donors (Lipinski definition) is 1. The fraction of sp³-hybridized carbons (Fsp3) is 0.267. The van der Waals surface area contributed by atoms with E-state index in [2.05, 4.69) is 14.4 Å². The molecule has 0 bridgehead atoms. The summed E-state index contributed by atoms with van der Waals surface area (Å²) in [6.45, 7) is 0.00175. The molecule has 0 spiro atoms. The predicted molar refractivity (Wildman–Crippen MR) is 90.7 cm³/mol. The van der Waals surface area contributed by atoms with E-state index in [4.69, 9.17) is 4.74 Å². The van der Waals surface area contributed by atoms with Gasteiger partial charge in [-0.25, -0.2) is 13.2 Å². The Bertz CT molecular complexity index is 904. The van der Waals surface area contributed by atoms with Crippen molar-refractivity contribution < 1.29 is 27.5 Å². The van der Waals surface area contributed by atoms with Crippen LogP contribution in [0, 0.1) is 0 Å². The Morgan fingerprint density at radius 2 is 2.04 bits per heavy atom. The maximum atomic E-state index is 11.9. The zero-order valence-corrected chi connectivity index (χ0v) is 15.4. The monoisotopic (exact) mass is 384 g/mol. The topological polar surface area (TPSA) is 112 Å². The summed E-state index contributed by atoms with van der Waals surface area (Å²) in [7, 11) is -0.984. The summed E-state index contributed by atoms with van der Waals surface area (Å²) in [5.74, 6) is -1.21. The third-order valence-electron chi connectivity index (χ3n) is 3.15. The van der Waals surface area contributed by atoms with Crippen LogP contribution >= 0.6 is 11.5 Å². The number of carbonyl (C=O) groups excluding carboxylic acids is 2. The summed E-state index contributed by atoms with van der Waals surface area (Å²) >= 11 is 0.646. The minimum absolute atomic E-state index is 0.00175. The first-order chi connectivity index (χ1) is 11.8. The number of benzene rings is 1. The fourth-order valence-electron chi connectivity index (χ4n) is 1.98. The summed E-state index contributed by atoms with van der Waals surface area (Å²) in [6.07, 6.45) is 0.976. The molecule has 1 aromatic heterocycles. The largest absolute Gasteiger partial charge is 0.472 e. The predicted octanol–water partition coefficient (Wildman–Crippen LogP) is 1.27. The van der Waals surface area contributed by atoms with E-state index in [-0.39, 0.29) is 28.2 Å². The van der Waals surface area contributed by atoms with Crippen LogP contribution in [0.15, 0.2) is 28.5 Å². The normalized spacial score (nSPS) is 11.0. The van der Waals surface area contributed by atoms with E-state index in [1.807, 2.05) is 0 Å². The third-order valence-corrected chi connectivity index (χ3v) is 5.78. The van der Waals surface area contributed by atoms with Gasteiger partial charge in [0.15, 0.2) is 19.6 Å². The average molecular weight is 384 g/mol. The molecule has 0 atom stereocenters. The molecule has 134 valence electrons. The van der Waals surface area contributed by atoms with E-state index < -0.39 is 15.8 Å². The number of amides is 1. The molecule has 1 amide bonds. The van der Waals surface area contributed by atoms with Crippen LogP contribution in [-0.4, -0.2) is 45.1 Å². The highest BCUT2D eigenvalue weighted by Gasteiger charge is 2.29. The van der Waals surface area contributed by atoms with Gasteiger partial charge in [-0.15, -0.1) is 0 Å². The number of aromatic nitrogens is 1. The van der Waals surface area contributed by atoms with Crippen molar-refractivity contribution in [1.82, 2.24) is 9.69 Å². The van der Waals surface area contributed by atoms with Gasteiger partial charge < -0.3 is 14.8 Å². The molecule has 1 N–H and O–H groups in total. The summed E-state index contributed by atoms with van der Waals surface area (Å²) in [4.78, 5) is 23.5. The second-order valence-electron chi connectivity index (χ2n) is 4.98. The molecule has 0 saturated heterocycles. The molecule has 0 aliphatic heterocycles. The zero-order chi connectivity index (χ0) is 18.6. The molecule has 10 heteroatoms. The maximum Gasteiger partial charge on any atom is 0.345 e. The number of ether oxygens (including phenoxy) is 2. The Morgan fingerprint density at radius 1 is 1.32 bits per heavy atom. The van der Waals surface area contributed by atoms with Crippen LogP contribution in [0.2, 0.25) is 0 Å². The van der Waals surface area contributed by atoms with Gasteiger partial charge in [0.2, 0.25) is 5.88 Å². The molecule has 0 radical (unpaired) electrons. The van der Waals surface area contributed by atoms with Crippen LogP contribution in [0.25, 0.3) is 0 Å².